The fourth-order valence-electron chi connectivity index (χ4n) is 2.17. The van der Waals surface area contributed by atoms with E-state index in [1.807, 2.05) is 44.2 Å². The number of H-pyrrole nitrogens is 1. The quantitative estimate of drug-likeness (QED) is 0.772. The Morgan fingerprint density at radius 3 is 2.68 bits per heavy atom. The predicted molar refractivity (Wildman–Crippen MR) is 86.3 cm³/mol. The van der Waals surface area contributed by atoms with Crippen molar-refractivity contribution in [1.29, 1.82) is 0 Å². The number of aromatic amines is 1. The lowest BCUT2D eigenvalue weighted by Gasteiger charge is -2.10. The average molecular weight is 295 g/mol. The molecule has 0 aliphatic heterocycles. The first-order valence-corrected chi connectivity index (χ1v) is 7.13. The lowest BCUT2D eigenvalue weighted by atomic mass is 10.2. The first kappa shape index (κ1) is 14.1. The second kappa shape index (κ2) is 5.89. The Hall–Kier alpha value is -2.82. The molecule has 5 heteroatoms. The molecule has 2 aromatic carbocycles. The zero-order valence-corrected chi connectivity index (χ0v) is 12.5. The van der Waals surface area contributed by atoms with Gasteiger partial charge in [-0.05, 0) is 56.3 Å². The second-order valence-corrected chi connectivity index (χ2v) is 5.28. The first-order chi connectivity index (χ1) is 10.6. The highest BCUT2D eigenvalue weighted by atomic mass is 16.5. The van der Waals surface area contributed by atoms with Crippen LogP contribution in [0.1, 0.15) is 24.2 Å². The number of ether oxygens (including phenoxy) is 1. The monoisotopic (exact) mass is 295 g/mol. The van der Waals surface area contributed by atoms with Crippen LogP contribution in [-0.2, 0) is 0 Å². The molecule has 0 spiro atoms. The molecule has 0 aliphatic rings. The van der Waals surface area contributed by atoms with Crippen LogP contribution < -0.4 is 10.1 Å². The first-order valence-electron chi connectivity index (χ1n) is 7.13. The van der Waals surface area contributed by atoms with Gasteiger partial charge in [-0.3, -0.25) is 4.79 Å². The average Bonchev–Trinajstić information content (AvgIpc) is 2.96. The van der Waals surface area contributed by atoms with E-state index in [2.05, 4.69) is 15.3 Å². The van der Waals surface area contributed by atoms with Crippen LogP contribution in [0.2, 0.25) is 0 Å². The molecule has 112 valence electrons. The number of nitrogens with one attached hydrogen (secondary N) is 2. The van der Waals surface area contributed by atoms with Gasteiger partial charge in [0, 0.05) is 11.3 Å². The number of carbonyl (C=O) groups is 1. The molecule has 5 nitrogen and oxygen atoms in total. The fourth-order valence-corrected chi connectivity index (χ4v) is 2.17. The summed E-state index contributed by atoms with van der Waals surface area (Å²) in [5, 5.41) is 2.87. The summed E-state index contributed by atoms with van der Waals surface area (Å²) >= 11 is 0. The molecule has 0 atom stereocenters. The molecule has 3 aromatic rings. The molecule has 22 heavy (non-hydrogen) atoms. The number of hydrogen-bond donors (Lipinski definition) is 2. The Morgan fingerprint density at radius 2 is 1.95 bits per heavy atom. The summed E-state index contributed by atoms with van der Waals surface area (Å²) in [6.07, 6.45) is 1.74. The van der Waals surface area contributed by atoms with E-state index >= 15 is 0 Å². The third-order valence-corrected chi connectivity index (χ3v) is 3.17. The Kier molecular flexibility index (Phi) is 3.78. The smallest absolute Gasteiger partial charge is 0.255 e. The summed E-state index contributed by atoms with van der Waals surface area (Å²) in [6, 6.07) is 12.7. The van der Waals surface area contributed by atoms with Crippen molar-refractivity contribution in [2.45, 2.75) is 20.0 Å². The van der Waals surface area contributed by atoms with Crippen molar-refractivity contribution in [3.8, 4) is 5.75 Å². The van der Waals surface area contributed by atoms with Crippen molar-refractivity contribution < 1.29 is 9.53 Å². The minimum absolute atomic E-state index is 0.126. The molecule has 1 heterocycles. The summed E-state index contributed by atoms with van der Waals surface area (Å²) in [4.78, 5) is 19.4. The summed E-state index contributed by atoms with van der Waals surface area (Å²) < 4.78 is 5.57. The molecule has 0 unspecified atom stereocenters. The van der Waals surface area contributed by atoms with E-state index in [9.17, 15) is 4.79 Å². The zero-order valence-electron chi connectivity index (χ0n) is 12.5. The van der Waals surface area contributed by atoms with Crippen LogP contribution in [0.25, 0.3) is 11.0 Å². The van der Waals surface area contributed by atoms with E-state index in [0.29, 0.717) is 5.56 Å². The normalized spacial score (nSPS) is 10.9. The number of amides is 1. The molecule has 1 amide bonds. The molecular formula is C17H17N3O2. The highest BCUT2D eigenvalue weighted by Gasteiger charge is 2.08. The third-order valence-electron chi connectivity index (χ3n) is 3.17. The maximum Gasteiger partial charge on any atom is 0.255 e. The minimum atomic E-state index is -0.158. The molecule has 0 saturated heterocycles. The molecular weight excluding hydrogens is 278 g/mol. The van der Waals surface area contributed by atoms with E-state index in [-0.39, 0.29) is 12.0 Å². The molecule has 2 N–H and O–H groups in total. The Balaban J connectivity index is 1.73. The van der Waals surface area contributed by atoms with Gasteiger partial charge in [-0.2, -0.15) is 0 Å². The lowest BCUT2D eigenvalue weighted by molar-refractivity contribution is 0.102. The summed E-state index contributed by atoms with van der Waals surface area (Å²) in [5.74, 6) is 0.626. The number of aromatic nitrogens is 2. The van der Waals surface area contributed by atoms with E-state index in [4.69, 9.17) is 4.74 Å². The van der Waals surface area contributed by atoms with Crippen LogP contribution in [0.5, 0.6) is 5.75 Å². The van der Waals surface area contributed by atoms with Crippen LogP contribution >= 0.6 is 0 Å². The van der Waals surface area contributed by atoms with E-state index in [1.54, 1.807) is 18.5 Å². The van der Waals surface area contributed by atoms with Gasteiger partial charge in [-0.25, -0.2) is 4.98 Å². The van der Waals surface area contributed by atoms with Gasteiger partial charge in [0.25, 0.3) is 5.91 Å². The topological polar surface area (TPSA) is 67.0 Å². The van der Waals surface area contributed by atoms with Crippen molar-refractivity contribution in [1.82, 2.24) is 9.97 Å². The number of benzene rings is 2. The van der Waals surface area contributed by atoms with Crippen molar-refractivity contribution in [2.24, 2.45) is 0 Å². The SMILES string of the molecule is CC(C)Oc1ccc(NC(=O)c2ccc3nc[nH]c3c2)cc1. The van der Waals surface area contributed by atoms with Gasteiger partial charge in [0.05, 0.1) is 23.5 Å². The number of carbonyl (C=O) groups excluding carboxylic acids is 1. The van der Waals surface area contributed by atoms with Crippen molar-refractivity contribution in [3.63, 3.8) is 0 Å². The van der Waals surface area contributed by atoms with Gasteiger partial charge in [0.2, 0.25) is 0 Å². The van der Waals surface area contributed by atoms with Gasteiger partial charge >= 0.3 is 0 Å². The number of anilines is 1. The van der Waals surface area contributed by atoms with Gasteiger partial charge in [-0.15, -0.1) is 0 Å². The zero-order chi connectivity index (χ0) is 15.5. The number of hydrogen-bond acceptors (Lipinski definition) is 3. The van der Waals surface area contributed by atoms with Crippen LogP contribution in [-0.4, -0.2) is 22.0 Å². The summed E-state index contributed by atoms with van der Waals surface area (Å²) in [6.45, 7) is 3.95. The van der Waals surface area contributed by atoms with Gasteiger partial charge < -0.3 is 15.0 Å². The Bertz CT molecular complexity index is 791. The Labute approximate surface area is 128 Å². The van der Waals surface area contributed by atoms with Gasteiger partial charge in [-0.1, -0.05) is 0 Å². The molecule has 0 saturated carbocycles. The number of fused-ring (bicyclic) bond motifs is 1. The summed E-state index contributed by atoms with van der Waals surface area (Å²) in [7, 11) is 0. The molecule has 0 bridgehead atoms. The highest BCUT2D eigenvalue weighted by molar-refractivity contribution is 6.05. The predicted octanol–water partition coefficient (Wildman–Crippen LogP) is 3.60. The van der Waals surface area contributed by atoms with Crippen LogP contribution in [0.4, 0.5) is 5.69 Å². The number of imidazole rings is 1. The maximum atomic E-state index is 12.3. The lowest BCUT2D eigenvalue weighted by Crippen LogP contribution is -2.12. The van der Waals surface area contributed by atoms with E-state index < -0.39 is 0 Å². The molecule has 0 fully saturated rings. The van der Waals surface area contributed by atoms with Gasteiger partial charge in [0.1, 0.15) is 5.75 Å². The van der Waals surface area contributed by atoms with E-state index in [1.165, 1.54) is 0 Å². The minimum Gasteiger partial charge on any atom is -0.491 e. The molecule has 0 aliphatic carbocycles. The molecule has 1 aromatic heterocycles. The molecule has 0 radical (unpaired) electrons. The standard InChI is InChI=1S/C17H17N3O2/c1-11(2)22-14-6-4-13(5-7-14)20-17(21)12-3-8-15-16(9-12)19-10-18-15/h3-11H,1-2H3,(H,18,19)(H,20,21). The second-order valence-electron chi connectivity index (χ2n) is 5.28. The Morgan fingerprint density at radius 1 is 1.18 bits per heavy atom. The highest BCUT2D eigenvalue weighted by Crippen LogP contribution is 2.18. The third kappa shape index (κ3) is 3.09. The fraction of sp³-hybridized carbons (Fsp3) is 0.176. The van der Waals surface area contributed by atoms with Crippen LogP contribution in [0.3, 0.4) is 0 Å². The van der Waals surface area contributed by atoms with Crippen molar-refractivity contribution in [3.05, 3.63) is 54.4 Å². The van der Waals surface area contributed by atoms with Crippen LogP contribution in [0, 0.1) is 0 Å². The number of rotatable bonds is 4. The number of nitrogens with zero attached hydrogens (tertiary/aromatic N) is 1. The van der Waals surface area contributed by atoms with Crippen molar-refractivity contribution >= 4 is 22.6 Å². The van der Waals surface area contributed by atoms with Crippen LogP contribution in [0.15, 0.2) is 48.8 Å². The largest absolute Gasteiger partial charge is 0.491 e. The van der Waals surface area contributed by atoms with Gasteiger partial charge in [0.15, 0.2) is 0 Å². The molecule has 3 rings (SSSR count). The van der Waals surface area contributed by atoms with E-state index in [0.717, 1.165) is 22.5 Å². The summed E-state index contributed by atoms with van der Waals surface area (Å²) in [5.41, 5.74) is 2.99. The van der Waals surface area contributed by atoms with Crippen molar-refractivity contribution in [2.75, 3.05) is 5.32 Å². The maximum absolute atomic E-state index is 12.3.